The molecule has 0 saturated carbocycles. The molecule has 1 heterocycles. The van der Waals surface area contributed by atoms with Crippen LogP contribution in [0.2, 0.25) is 0 Å². The number of methoxy groups -OCH3 is 6. The summed E-state index contributed by atoms with van der Waals surface area (Å²) in [4.78, 5) is 16.5. The number of aromatic nitrogens is 1. The molecule has 0 saturated heterocycles. The average molecular weight is 401 g/mol. The van der Waals surface area contributed by atoms with Gasteiger partial charge in [-0.05, 0) is 12.1 Å². The maximum absolute atomic E-state index is 13.4. The highest BCUT2D eigenvalue weighted by Gasteiger charge is 2.25. The number of benzene rings is 2. The van der Waals surface area contributed by atoms with E-state index in [0.29, 0.717) is 56.5 Å². The zero-order chi connectivity index (χ0) is 21.1. The second-order valence-electron chi connectivity index (χ2n) is 6.01. The fourth-order valence-corrected chi connectivity index (χ4v) is 3.31. The van der Waals surface area contributed by atoms with Crippen molar-refractivity contribution in [3.63, 3.8) is 0 Å². The number of carbonyl (C=O) groups is 1. The lowest BCUT2D eigenvalue weighted by molar-refractivity contribution is 0.103. The number of nitrogens with one attached hydrogen (secondary N) is 1. The van der Waals surface area contributed by atoms with E-state index in [9.17, 15) is 4.79 Å². The van der Waals surface area contributed by atoms with Crippen molar-refractivity contribution in [2.75, 3.05) is 42.7 Å². The number of H-pyrrole nitrogens is 1. The van der Waals surface area contributed by atoms with Gasteiger partial charge in [-0.15, -0.1) is 0 Å². The van der Waals surface area contributed by atoms with Crippen LogP contribution in [-0.4, -0.2) is 53.4 Å². The summed E-state index contributed by atoms with van der Waals surface area (Å²) in [6.45, 7) is 0. The van der Waals surface area contributed by atoms with Crippen LogP contribution < -0.4 is 28.4 Å². The van der Waals surface area contributed by atoms with Crippen LogP contribution in [0.25, 0.3) is 10.9 Å². The van der Waals surface area contributed by atoms with Gasteiger partial charge in [-0.25, -0.2) is 0 Å². The van der Waals surface area contributed by atoms with E-state index < -0.39 is 0 Å². The first-order chi connectivity index (χ1) is 14.0. The number of fused-ring (bicyclic) bond motifs is 1. The van der Waals surface area contributed by atoms with Crippen LogP contribution in [-0.2, 0) is 0 Å². The van der Waals surface area contributed by atoms with Gasteiger partial charge >= 0.3 is 0 Å². The largest absolute Gasteiger partial charge is 0.493 e. The molecular formula is C21H23NO7. The highest BCUT2D eigenvalue weighted by molar-refractivity contribution is 6.18. The molecule has 0 amide bonds. The Hall–Kier alpha value is -3.55. The molecule has 0 aliphatic heterocycles. The molecule has 0 aliphatic carbocycles. The summed E-state index contributed by atoms with van der Waals surface area (Å²) in [5.74, 6) is 2.24. The summed E-state index contributed by atoms with van der Waals surface area (Å²) >= 11 is 0. The van der Waals surface area contributed by atoms with Crippen LogP contribution in [0, 0.1) is 0 Å². The average Bonchev–Trinajstić information content (AvgIpc) is 3.19. The third kappa shape index (κ3) is 3.26. The van der Waals surface area contributed by atoms with Gasteiger partial charge in [-0.3, -0.25) is 4.79 Å². The molecule has 1 aromatic heterocycles. The molecule has 0 unspecified atom stereocenters. The normalized spacial score (nSPS) is 10.6. The van der Waals surface area contributed by atoms with Gasteiger partial charge in [0, 0.05) is 17.8 Å². The van der Waals surface area contributed by atoms with Crippen LogP contribution in [0.1, 0.15) is 15.9 Å². The molecule has 0 aliphatic rings. The van der Waals surface area contributed by atoms with Crippen molar-refractivity contribution in [2.24, 2.45) is 0 Å². The Morgan fingerprint density at radius 2 is 1.21 bits per heavy atom. The second-order valence-corrected chi connectivity index (χ2v) is 6.01. The third-order valence-electron chi connectivity index (χ3n) is 4.64. The Balaban J connectivity index is 2.23. The molecule has 0 spiro atoms. The molecule has 0 radical (unpaired) electrons. The highest BCUT2D eigenvalue weighted by atomic mass is 16.5. The number of hydrogen-bond acceptors (Lipinski definition) is 7. The van der Waals surface area contributed by atoms with Gasteiger partial charge < -0.3 is 33.4 Å². The molecule has 0 bridgehead atoms. The Labute approximate surface area is 168 Å². The number of aromatic amines is 1. The van der Waals surface area contributed by atoms with Crippen molar-refractivity contribution < 1.29 is 33.2 Å². The highest BCUT2D eigenvalue weighted by Crippen LogP contribution is 2.45. The SMILES string of the molecule is COc1cc(C(=O)c2c[nH]c3cc(OC)c(OC)c(OC)c23)cc(OC)c1OC. The first-order valence-corrected chi connectivity index (χ1v) is 8.69. The molecular weight excluding hydrogens is 378 g/mol. The van der Waals surface area contributed by atoms with Gasteiger partial charge in [0.1, 0.15) is 0 Å². The lowest BCUT2D eigenvalue weighted by Crippen LogP contribution is -2.04. The van der Waals surface area contributed by atoms with E-state index in [1.165, 1.54) is 42.7 Å². The molecule has 8 nitrogen and oxygen atoms in total. The van der Waals surface area contributed by atoms with Gasteiger partial charge in [-0.1, -0.05) is 0 Å². The molecule has 2 aromatic carbocycles. The van der Waals surface area contributed by atoms with Crippen molar-refractivity contribution in [1.82, 2.24) is 4.98 Å². The van der Waals surface area contributed by atoms with Crippen molar-refractivity contribution in [2.45, 2.75) is 0 Å². The van der Waals surface area contributed by atoms with Crippen LogP contribution >= 0.6 is 0 Å². The number of ether oxygens (including phenoxy) is 6. The molecule has 3 rings (SSSR count). The summed E-state index contributed by atoms with van der Waals surface area (Å²) in [6.07, 6.45) is 1.62. The van der Waals surface area contributed by atoms with Crippen molar-refractivity contribution in [3.05, 3.63) is 35.5 Å². The maximum atomic E-state index is 13.4. The van der Waals surface area contributed by atoms with E-state index in [1.54, 1.807) is 24.4 Å². The Morgan fingerprint density at radius 1 is 0.690 bits per heavy atom. The minimum Gasteiger partial charge on any atom is -0.493 e. The number of rotatable bonds is 8. The van der Waals surface area contributed by atoms with E-state index in [4.69, 9.17) is 28.4 Å². The van der Waals surface area contributed by atoms with Crippen LogP contribution in [0.4, 0.5) is 0 Å². The maximum Gasteiger partial charge on any atom is 0.204 e. The zero-order valence-electron chi connectivity index (χ0n) is 17.2. The Bertz CT molecular complexity index is 1030. The van der Waals surface area contributed by atoms with E-state index in [2.05, 4.69) is 4.98 Å². The van der Waals surface area contributed by atoms with Gasteiger partial charge in [0.15, 0.2) is 28.8 Å². The fourth-order valence-electron chi connectivity index (χ4n) is 3.31. The van der Waals surface area contributed by atoms with E-state index in [0.717, 1.165) is 0 Å². The van der Waals surface area contributed by atoms with Crippen LogP contribution in [0.15, 0.2) is 24.4 Å². The molecule has 8 heteroatoms. The minimum atomic E-state index is -0.249. The standard InChI is InChI=1S/C21H23NO7/c1-24-14-7-11(8-15(25-2)19(14)27-4)18(23)12-10-22-13-9-16(26-3)20(28-5)21(29-6)17(12)13/h7-10,22H,1-6H3. The van der Waals surface area contributed by atoms with Crippen LogP contribution in [0.5, 0.6) is 34.5 Å². The summed E-state index contributed by atoms with van der Waals surface area (Å²) in [5, 5.41) is 0.587. The topological polar surface area (TPSA) is 88.2 Å². The molecule has 1 N–H and O–H groups in total. The van der Waals surface area contributed by atoms with Crippen LogP contribution in [0.3, 0.4) is 0 Å². The molecule has 0 atom stereocenters. The molecule has 154 valence electrons. The van der Waals surface area contributed by atoms with E-state index in [1.807, 2.05) is 0 Å². The predicted molar refractivity (Wildman–Crippen MR) is 107 cm³/mol. The van der Waals surface area contributed by atoms with Gasteiger partial charge in [0.25, 0.3) is 0 Å². The minimum absolute atomic E-state index is 0.249. The van der Waals surface area contributed by atoms with Crippen molar-refractivity contribution in [1.29, 1.82) is 0 Å². The lowest BCUT2D eigenvalue weighted by Gasteiger charge is -2.15. The van der Waals surface area contributed by atoms with Gasteiger partial charge in [0.05, 0.1) is 59.1 Å². The molecule has 29 heavy (non-hydrogen) atoms. The fraction of sp³-hybridized carbons (Fsp3) is 0.286. The van der Waals surface area contributed by atoms with Gasteiger partial charge in [-0.2, -0.15) is 0 Å². The molecule has 0 fully saturated rings. The van der Waals surface area contributed by atoms with E-state index in [-0.39, 0.29) is 5.78 Å². The number of carbonyl (C=O) groups excluding carboxylic acids is 1. The number of ketones is 1. The summed E-state index contributed by atoms with van der Waals surface area (Å²) < 4.78 is 32.4. The van der Waals surface area contributed by atoms with Crippen molar-refractivity contribution >= 4 is 16.7 Å². The number of hydrogen-bond donors (Lipinski definition) is 1. The lowest BCUT2D eigenvalue weighted by atomic mass is 10.0. The quantitative estimate of drug-likeness (QED) is 0.578. The Kier molecular flexibility index (Phi) is 5.72. The first-order valence-electron chi connectivity index (χ1n) is 8.69. The summed E-state index contributed by atoms with van der Waals surface area (Å²) in [7, 11) is 9.06. The molecule has 3 aromatic rings. The van der Waals surface area contributed by atoms with E-state index >= 15 is 0 Å². The predicted octanol–water partition coefficient (Wildman–Crippen LogP) is 3.45. The smallest absolute Gasteiger partial charge is 0.204 e. The first kappa shape index (κ1) is 20.2. The second kappa shape index (κ2) is 8.22. The third-order valence-corrected chi connectivity index (χ3v) is 4.64. The monoisotopic (exact) mass is 401 g/mol. The summed E-state index contributed by atoms with van der Waals surface area (Å²) in [6, 6.07) is 4.97. The Morgan fingerprint density at radius 3 is 1.69 bits per heavy atom. The summed E-state index contributed by atoms with van der Waals surface area (Å²) in [5.41, 5.74) is 1.46. The van der Waals surface area contributed by atoms with Crippen molar-refractivity contribution in [3.8, 4) is 34.5 Å². The zero-order valence-corrected chi connectivity index (χ0v) is 17.2. The van der Waals surface area contributed by atoms with Gasteiger partial charge in [0.2, 0.25) is 11.5 Å².